The normalized spacial score (nSPS) is 17.8. The predicted molar refractivity (Wildman–Crippen MR) is 99.3 cm³/mol. The molecule has 1 N–H and O–H groups in total. The largest absolute Gasteiger partial charge is 0.355 e. The van der Waals surface area contributed by atoms with Crippen molar-refractivity contribution in [1.29, 1.82) is 0 Å². The number of nitrogens with zero attached hydrogens (tertiary/aromatic N) is 5. The number of piperidine rings is 1. The summed E-state index contributed by atoms with van der Waals surface area (Å²) >= 11 is 0. The van der Waals surface area contributed by atoms with Gasteiger partial charge in [0.1, 0.15) is 5.69 Å². The molecule has 2 aromatic rings. The number of carbonyl (C=O) groups excluding carboxylic acids is 1. The van der Waals surface area contributed by atoms with Crippen LogP contribution in [0.5, 0.6) is 0 Å². The highest BCUT2D eigenvalue weighted by molar-refractivity contribution is 5.92. The van der Waals surface area contributed by atoms with Crippen molar-refractivity contribution in [3.63, 3.8) is 0 Å². The van der Waals surface area contributed by atoms with Gasteiger partial charge in [-0.25, -0.2) is 0 Å². The van der Waals surface area contributed by atoms with E-state index in [1.807, 2.05) is 13.0 Å². The maximum atomic E-state index is 12.5. The highest BCUT2D eigenvalue weighted by atomic mass is 16.2. The van der Waals surface area contributed by atoms with Gasteiger partial charge in [0, 0.05) is 26.2 Å². The Morgan fingerprint density at radius 3 is 2.65 bits per heavy atom. The van der Waals surface area contributed by atoms with Crippen molar-refractivity contribution in [1.82, 2.24) is 25.3 Å². The molecule has 2 aliphatic rings. The molecular formula is C19H26N6O. The zero-order valence-corrected chi connectivity index (χ0v) is 15.5. The van der Waals surface area contributed by atoms with E-state index < -0.39 is 0 Å². The van der Waals surface area contributed by atoms with Crippen LogP contribution >= 0.6 is 0 Å². The maximum absolute atomic E-state index is 12.5. The number of hydrogen-bond acceptors (Lipinski definition) is 5. The van der Waals surface area contributed by atoms with Gasteiger partial charge in [0.15, 0.2) is 5.82 Å². The van der Waals surface area contributed by atoms with Crippen LogP contribution in [-0.2, 0) is 19.9 Å². The second-order valence-corrected chi connectivity index (χ2v) is 7.41. The average Bonchev–Trinajstić information content (AvgIpc) is 3.00. The smallest absolute Gasteiger partial charge is 0.269 e. The molecule has 1 aliphatic heterocycles. The lowest BCUT2D eigenvalue weighted by Gasteiger charge is -2.33. The number of amides is 1. The first kappa shape index (κ1) is 17.0. The molecule has 0 radical (unpaired) electrons. The summed E-state index contributed by atoms with van der Waals surface area (Å²) in [5, 5.41) is 16.3. The lowest BCUT2D eigenvalue weighted by Crippen LogP contribution is -2.45. The fraction of sp³-hybridized carbons (Fsp3) is 0.579. The number of nitrogens with one attached hydrogen (secondary N) is 1. The van der Waals surface area contributed by atoms with Gasteiger partial charge in [0.2, 0.25) is 0 Å². The van der Waals surface area contributed by atoms with Gasteiger partial charge < -0.3 is 10.2 Å². The maximum Gasteiger partial charge on any atom is 0.269 e. The fourth-order valence-electron chi connectivity index (χ4n) is 3.97. The highest BCUT2D eigenvalue weighted by Crippen LogP contribution is 2.24. The van der Waals surface area contributed by atoms with Crippen molar-refractivity contribution < 1.29 is 4.79 Å². The Morgan fingerprint density at radius 1 is 1.15 bits per heavy atom. The topological polar surface area (TPSA) is 75.9 Å². The van der Waals surface area contributed by atoms with Gasteiger partial charge in [0.25, 0.3) is 5.91 Å². The summed E-state index contributed by atoms with van der Waals surface area (Å²) in [6, 6.07) is 4.24. The van der Waals surface area contributed by atoms with E-state index in [-0.39, 0.29) is 11.9 Å². The number of anilines is 1. The van der Waals surface area contributed by atoms with Crippen LogP contribution in [-0.4, -0.2) is 45.0 Å². The monoisotopic (exact) mass is 354 g/mol. The van der Waals surface area contributed by atoms with Crippen LogP contribution in [0.2, 0.25) is 0 Å². The van der Waals surface area contributed by atoms with Gasteiger partial charge in [0.05, 0.1) is 11.4 Å². The van der Waals surface area contributed by atoms with E-state index in [1.54, 1.807) is 11.7 Å². The minimum atomic E-state index is -0.0416. The molecule has 3 heterocycles. The third-order valence-electron chi connectivity index (χ3n) is 5.45. The Kier molecular flexibility index (Phi) is 4.61. The first-order valence-electron chi connectivity index (χ1n) is 9.52. The molecule has 0 spiro atoms. The molecule has 1 fully saturated rings. The molecule has 0 bridgehead atoms. The molecule has 138 valence electrons. The van der Waals surface area contributed by atoms with Crippen LogP contribution in [0.25, 0.3) is 0 Å². The van der Waals surface area contributed by atoms with E-state index in [0.717, 1.165) is 50.3 Å². The molecule has 0 atom stereocenters. The first-order valence-corrected chi connectivity index (χ1v) is 9.52. The average molecular weight is 354 g/mol. The van der Waals surface area contributed by atoms with Gasteiger partial charge in [-0.05, 0) is 63.1 Å². The number of fused-ring (bicyclic) bond motifs is 1. The first-order chi connectivity index (χ1) is 12.6. The summed E-state index contributed by atoms with van der Waals surface area (Å²) in [6.45, 7) is 3.68. The number of rotatable bonds is 3. The van der Waals surface area contributed by atoms with Crippen LogP contribution in [0, 0.1) is 6.92 Å². The lowest BCUT2D eigenvalue weighted by molar-refractivity contribution is 0.0921. The number of hydrogen-bond donors (Lipinski definition) is 1. The van der Waals surface area contributed by atoms with Crippen LogP contribution in [0.1, 0.15) is 53.1 Å². The third-order valence-corrected chi connectivity index (χ3v) is 5.45. The molecule has 1 saturated heterocycles. The molecule has 2 aromatic heterocycles. The third kappa shape index (κ3) is 3.43. The Bertz CT molecular complexity index is 806. The second-order valence-electron chi connectivity index (χ2n) is 7.41. The minimum absolute atomic E-state index is 0.0416. The summed E-state index contributed by atoms with van der Waals surface area (Å²) in [5.74, 6) is 0.942. The number of aryl methyl sites for hydroxylation is 4. The van der Waals surface area contributed by atoms with Crippen LogP contribution < -0.4 is 10.2 Å². The molecule has 0 unspecified atom stereocenters. The van der Waals surface area contributed by atoms with Crippen molar-refractivity contribution in [3.05, 3.63) is 34.8 Å². The zero-order valence-electron chi connectivity index (χ0n) is 15.5. The minimum Gasteiger partial charge on any atom is -0.355 e. The summed E-state index contributed by atoms with van der Waals surface area (Å²) in [4.78, 5) is 14.7. The SMILES string of the molecule is Cc1cc(C(=O)NC2CCN(c3cc4c(nn3)CCCC4)CC2)n(C)n1. The molecule has 7 nitrogen and oxygen atoms in total. The standard InChI is InChI=1S/C19H26N6O/c1-13-11-17(24(2)23-13)19(26)20-15-7-9-25(10-8-15)18-12-14-5-3-4-6-16(14)21-22-18/h11-12,15H,3-10H2,1-2H3,(H,20,26). The number of carbonyl (C=O) groups is 1. The van der Waals surface area contributed by atoms with Crippen molar-refractivity contribution in [2.45, 2.75) is 51.5 Å². The Hall–Kier alpha value is -2.44. The quantitative estimate of drug-likeness (QED) is 0.909. The van der Waals surface area contributed by atoms with E-state index in [9.17, 15) is 4.79 Å². The van der Waals surface area contributed by atoms with Crippen LogP contribution in [0.3, 0.4) is 0 Å². The van der Waals surface area contributed by atoms with Crippen molar-refractivity contribution >= 4 is 11.7 Å². The molecule has 1 aliphatic carbocycles. The number of aromatic nitrogens is 4. The Morgan fingerprint density at radius 2 is 1.92 bits per heavy atom. The summed E-state index contributed by atoms with van der Waals surface area (Å²) in [5.41, 5.74) is 4.01. The summed E-state index contributed by atoms with van der Waals surface area (Å²) in [7, 11) is 1.80. The predicted octanol–water partition coefficient (Wildman–Crippen LogP) is 1.80. The molecule has 26 heavy (non-hydrogen) atoms. The lowest BCUT2D eigenvalue weighted by atomic mass is 9.96. The molecule has 4 rings (SSSR count). The summed E-state index contributed by atoms with van der Waals surface area (Å²) < 4.78 is 1.64. The van der Waals surface area contributed by atoms with Crippen molar-refractivity contribution in [3.8, 4) is 0 Å². The van der Waals surface area contributed by atoms with E-state index >= 15 is 0 Å². The van der Waals surface area contributed by atoms with Gasteiger partial charge in [-0.1, -0.05) is 0 Å². The highest BCUT2D eigenvalue weighted by Gasteiger charge is 2.24. The molecule has 0 saturated carbocycles. The van der Waals surface area contributed by atoms with Crippen LogP contribution in [0.4, 0.5) is 5.82 Å². The van der Waals surface area contributed by atoms with E-state index in [2.05, 4.69) is 31.6 Å². The Labute approximate surface area is 153 Å². The van der Waals surface area contributed by atoms with Gasteiger partial charge in [-0.15, -0.1) is 5.10 Å². The van der Waals surface area contributed by atoms with E-state index in [0.29, 0.717) is 5.69 Å². The van der Waals surface area contributed by atoms with E-state index in [4.69, 9.17) is 0 Å². The molecular weight excluding hydrogens is 328 g/mol. The fourth-order valence-corrected chi connectivity index (χ4v) is 3.97. The Balaban J connectivity index is 1.35. The van der Waals surface area contributed by atoms with Gasteiger partial charge in [-0.2, -0.15) is 10.2 Å². The zero-order chi connectivity index (χ0) is 18.1. The van der Waals surface area contributed by atoms with Gasteiger partial charge >= 0.3 is 0 Å². The van der Waals surface area contributed by atoms with Crippen molar-refractivity contribution in [2.75, 3.05) is 18.0 Å². The molecule has 1 amide bonds. The summed E-state index contributed by atoms with van der Waals surface area (Å²) in [6.07, 6.45) is 6.49. The van der Waals surface area contributed by atoms with Crippen LogP contribution in [0.15, 0.2) is 12.1 Å². The van der Waals surface area contributed by atoms with Crippen molar-refractivity contribution in [2.24, 2.45) is 7.05 Å². The molecule has 7 heteroatoms. The van der Waals surface area contributed by atoms with Gasteiger partial charge in [-0.3, -0.25) is 9.48 Å². The molecule has 0 aromatic carbocycles. The second kappa shape index (κ2) is 7.05. The van der Waals surface area contributed by atoms with E-state index in [1.165, 1.54) is 24.1 Å².